The monoisotopic (exact) mass is 477 g/mol. The lowest BCUT2D eigenvalue weighted by Crippen LogP contribution is -2.40. The number of anilines is 2. The summed E-state index contributed by atoms with van der Waals surface area (Å²) in [7, 11) is 1.54. The molecule has 33 heavy (non-hydrogen) atoms. The first-order valence-electron chi connectivity index (χ1n) is 10.3. The molecule has 0 N–H and O–H groups in total. The Morgan fingerprint density at radius 3 is 2.30 bits per heavy atom. The van der Waals surface area contributed by atoms with Gasteiger partial charge in [0.25, 0.3) is 11.8 Å². The number of ether oxygens (including phenoxy) is 1. The summed E-state index contributed by atoms with van der Waals surface area (Å²) >= 11 is 6.69. The number of hydrogen-bond acceptors (Lipinski definition) is 6. The van der Waals surface area contributed by atoms with Gasteiger partial charge in [0.15, 0.2) is 4.32 Å². The van der Waals surface area contributed by atoms with E-state index in [1.54, 1.807) is 36.3 Å². The van der Waals surface area contributed by atoms with Crippen LogP contribution < -0.4 is 14.5 Å². The van der Waals surface area contributed by atoms with Crippen LogP contribution in [0.15, 0.2) is 78.7 Å². The second-order valence-corrected chi connectivity index (χ2v) is 9.03. The molecule has 0 aromatic heterocycles. The van der Waals surface area contributed by atoms with Gasteiger partial charge in [-0.25, -0.2) is 0 Å². The topological polar surface area (TPSA) is 53.1 Å². The third-order valence-corrected chi connectivity index (χ3v) is 6.73. The normalized spacial score (nSPS) is 17.7. The number of fused-ring (bicyclic) bond motifs is 1. The van der Waals surface area contributed by atoms with Crippen LogP contribution in [0.5, 0.6) is 5.75 Å². The molecule has 0 bridgehead atoms. The minimum Gasteiger partial charge on any atom is -0.495 e. The van der Waals surface area contributed by atoms with Crippen LogP contribution in [0.1, 0.15) is 5.56 Å². The van der Waals surface area contributed by atoms with Crippen molar-refractivity contribution in [2.24, 2.45) is 0 Å². The second-order valence-electron chi connectivity index (χ2n) is 7.39. The Kier molecular flexibility index (Phi) is 6.78. The summed E-state index contributed by atoms with van der Waals surface area (Å²) in [6, 6.07) is 14.7. The fraction of sp³-hybridized carbons (Fsp3) is 0.160. The average Bonchev–Trinajstić information content (AvgIpc) is 3.26. The molecule has 2 aromatic carbocycles. The molecule has 2 amide bonds. The van der Waals surface area contributed by atoms with Crippen molar-refractivity contribution in [1.82, 2.24) is 4.90 Å². The first-order chi connectivity index (χ1) is 16.0. The molecule has 0 radical (unpaired) electrons. The Morgan fingerprint density at radius 2 is 1.64 bits per heavy atom. The van der Waals surface area contributed by atoms with Gasteiger partial charge < -0.3 is 4.74 Å². The molecular formula is C25H23N3O3S2. The van der Waals surface area contributed by atoms with Crippen LogP contribution in [0, 0.1) is 0 Å². The molecular weight excluding hydrogens is 454 g/mol. The number of hydrogen-bond donors (Lipinski definition) is 0. The van der Waals surface area contributed by atoms with E-state index in [2.05, 4.69) is 13.2 Å². The van der Waals surface area contributed by atoms with E-state index in [1.807, 2.05) is 41.3 Å². The van der Waals surface area contributed by atoms with Crippen molar-refractivity contribution in [1.29, 1.82) is 0 Å². The maximum Gasteiger partial charge on any atom is 0.271 e. The Morgan fingerprint density at radius 1 is 1.00 bits per heavy atom. The van der Waals surface area contributed by atoms with E-state index in [0.29, 0.717) is 46.0 Å². The summed E-state index contributed by atoms with van der Waals surface area (Å²) < 4.78 is 5.78. The quantitative estimate of drug-likeness (QED) is 0.318. The third kappa shape index (κ3) is 4.13. The summed E-state index contributed by atoms with van der Waals surface area (Å²) in [5.74, 6) is -0.0253. The van der Waals surface area contributed by atoms with E-state index in [-0.39, 0.29) is 11.8 Å². The van der Waals surface area contributed by atoms with E-state index in [0.717, 1.165) is 23.0 Å². The van der Waals surface area contributed by atoms with Crippen LogP contribution in [-0.4, -0.2) is 47.9 Å². The molecule has 2 heterocycles. The number of carbonyl (C=O) groups is 2. The van der Waals surface area contributed by atoms with Crippen LogP contribution in [-0.2, 0) is 9.59 Å². The van der Waals surface area contributed by atoms with E-state index in [4.69, 9.17) is 17.0 Å². The van der Waals surface area contributed by atoms with Gasteiger partial charge in [0, 0.05) is 18.7 Å². The smallest absolute Gasteiger partial charge is 0.271 e. The fourth-order valence-electron chi connectivity index (χ4n) is 3.94. The Balaban J connectivity index is 1.77. The zero-order chi connectivity index (χ0) is 23.5. The van der Waals surface area contributed by atoms with E-state index in [1.165, 1.54) is 4.90 Å². The number of thiocarbonyl (C=S) groups is 1. The number of thioether (sulfide) groups is 1. The number of nitrogens with zero attached hydrogens (tertiary/aromatic N) is 3. The lowest BCUT2D eigenvalue weighted by molar-refractivity contribution is -0.115. The SMILES string of the molecule is C=CCN(CC=C)CN1C(=O)/C(=C2\SC(=S)N(c3ccccc3OC)C2=O)c2ccccc21. The summed E-state index contributed by atoms with van der Waals surface area (Å²) in [5, 5.41) is 0. The largest absolute Gasteiger partial charge is 0.495 e. The molecule has 6 nitrogen and oxygen atoms in total. The first-order valence-corrected chi connectivity index (χ1v) is 11.5. The van der Waals surface area contributed by atoms with Gasteiger partial charge in [-0.05, 0) is 18.2 Å². The van der Waals surface area contributed by atoms with E-state index < -0.39 is 0 Å². The number of para-hydroxylation sites is 3. The zero-order valence-corrected chi connectivity index (χ0v) is 19.8. The maximum atomic E-state index is 13.6. The van der Waals surface area contributed by atoms with Crippen LogP contribution in [0.25, 0.3) is 5.57 Å². The molecule has 2 aliphatic rings. The van der Waals surface area contributed by atoms with Gasteiger partial charge in [-0.3, -0.25) is 24.3 Å². The number of amides is 2. The highest BCUT2D eigenvalue weighted by Gasteiger charge is 2.43. The van der Waals surface area contributed by atoms with Crippen molar-refractivity contribution in [3.05, 3.63) is 84.3 Å². The molecule has 1 saturated heterocycles. The summed E-state index contributed by atoms with van der Waals surface area (Å²) in [6.45, 7) is 9.15. The predicted octanol–water partition coefficient (Wildman–Crippen LogP) is 4.45. The molecule has 0 atom stereocenters. The van der Waals surface area contributed by atoms with Crippen molar-refractivity contribution in [3.8, 4) is 5.75 Å². The molecule has 4 rings (SSSR count). The summed E-state index contributed by atoms with van der Waals surface area (Å²) in [4.78, 5) is 32.7. The minimum absolute atomic E-state index is 0.227. The van der Waals surface area contributed by atoms with Gasteiger partial charge in [-0.15, -0.1) is 13.2 Å². The van der Waals surface area contributed by atoms with Gasteiger partial charge in [0.2, 0.25) is 0 Å². The molecule has 8 heteroatoms. The highest BCUT2D eigenvalue weighted by Crippen LogP contribution is 2.46. The van der Waals surface area contributed by atoms with Crippen LogP contribution in [0.4, 0.5) is 11.4 Å². The maximum absolute atomic E-state index is 13.6. The van der Waals surface area contributed by atoms with Crippen LogP contribution in [0.2, 0.25) is 0 Å². The van der Waals surface area contributed by atoms with Crippen molar-refractivity contribution < 1.29 is 14.3 Å². The molecule has 168 valence electrons. The minimum atomic E-state index is -0.330. The zero-order valence-electron chi connectivity index (χ0n) is 18.2. The molecule has 0 unspecified atom stereocenters. The van der Waals surface area contributed by atoms with Crippen molar-refractivity contribution >= 4 is 57.1 Å². The van der Waals surface area contributed by atoms with Crippen molar-refractivity contribution in [2.45, 2.75) is 0 Å². The van der Waals surface area contributed by atoms with Crippen molar-refractivity contribution in [3.63, 3.8) is 0 Å². The average molecular weight is 478 g/mol. The molecule has 1 fully saturated rings. The van der Waals surface area contributed by atoms with E-state index >= 15 is 0 Å². The van der Waals surface area contributed by atoms with Gasteiger partial charge in [0.1, 0.15) is 5.75 Å². The van der Waals surface area contributed by atoms with Gasteiger partial charge in [-0.1, -0.05) is 66.5 Å². The van der Waals surface area contributed by atoms with Crippen LogP contribution >= 0.6 is 24.0 Å². The molecule has 0 aliphatic carbocycles. The molecule has 2 aromatic rings. The standard InChI is InChI=1S/C25H23N3O3S2/c1-4-14-26(15-5-2)16-27-18-11-7-6-10-17(18)21(23(27)29)22-24(30)28(25(32)33-22)19-12-8-9-13-20(19)31-3/h4-13H,1-2,14-16H2,3H3/b22-21-. The highest BCUT2D eigenvalue weighted by atomic mass is 32.2. The Labute approximate surface area is 202 Å². The summed E-state index contributed by atoms with van der Waals surface area (Å²) in [5.41, 5.74) is 2.41. The van der Waals surface area contributed by atoms with Gasteiger partial charge in [0.05, 0.1) is 35.6 Å². The number of carbonyl (C=O) groups excluding carboxylic acids is 2. The Bertz CT molecular complexity index is 1180. The number of benzene rings is 2. The molecule has 0 saturated carbocycles. The van der Waals surface area contributed by atoms with E-state index in [9.17, 15) is 9.59 Å². The molecule has 2 aliphatic heterocycles. The third-order valence-electron chi connectivity index (χ3n) is 5.36. The van der Waals surface area contributed by atoms with Crippen LogP contribution in [0.3, 0.4) is 0 Å². The predicted molar refractivity (Wildman–Crippen MR) is 138 cm³/mol. The highest BCUT2D eigenvalue weighted by molar-refractivity contribution is 8.27. The number of methoxy groups -OCH3 is 1. The van der Waals surface area contributed by atoms with Gasteiger partial charge >= 0.3 is 0 Å². The summed E-state index contributed by atoms with van der Waals surface area (Å²) in [6.07, 6.45) is 3.57. The lowest BCUT2D eigenvalue weighted by atomic mass is 10.1. The van der Waals surface area contributed by atoms with Crippen molar-refractivity contribution in [2.75, 3.05) is 36.7 Å². The number of rotatable bonds is 8. The first kappa shape index (κ1) is 23.0. The fourth-order valence-corrected chi connectivity index (χ4v) is 5.29. The molecule has 0 spiro atoms. The Hall–Kier alpha value is -3.20. The van der Waals surface area contributed by atoms with Gasteiger partial charge in [-0.2, -0.15) is 0 Å². The second kappa shape index (κ2) is 9.74. The lowest BCUT2D eigenvalue weighted by Gasteiger charge is -2.26.